The molecule has 8 nitrogen and oxygen atoms in total. The Morgan fingerprint density at radius 2 is 2.22 bits per heavy atom. The van der Waals surface area contributed by atoms with Gasteiger partial charge in [-0.25, -0.2) is 4.79 Å². The van der Waals surface area contributed by atoms with Crippen molar-refractivity contribution in [3.8, 4) is 0 Å². The fourth-order valence-electron chi connectivity index (χ4n) is 3.45. The first-order valence-corrected chi connectivity index (χ1v) is 8.08. The van der Waals surface area contributed by atoms with Crippen molar-refractivity contribution in [1.82, 2.24) is 25.3 Å². The second kappa shape index (κ2) is 5.92. The van der Waals surface area contributed by atoms with Gasteiger partial charge in [0.2, 0.25) is 5.89 Å². The van der Waals surface area contributed by atoms with Crippen LogP contribution in [0.1, 0.15) is 38.4 Å². The van der Waals surface area contributed by atoms with Crippen LogP contribution >= 0.6 is 0 Å². The van der Waals surface area contributed by atoms with Crippen molar-refractivity contribution in [2.75, 3.05) is 20.1 Å². The zero-order valence-electron chi connectivity index (χ0n) is 13.8. The number of imide groups is 1. The topological polar surface area (TPSA) is 91.6 Å². The zero-order valence-corrected chi connectivity index (χ0v) is 13.8. The summed E-state index contributed by atoms with van der Waals surface area (Å²) >= 11 is 0. The molecule has 0 aromatic carbocycles. The highest BCUT2D eigenvalue weighted by Crippen LogP contribution is 2.32. The van der Waals surface area contributed by atoms with Crippen LogP contribution in [0.25, 0.3) is 0 Å². The van der Waals surface area contributed by atoms with Gasteiger partial charge in [0.05, 0.1) is 6.54 Å². The molecule has 2 aliphatic heterocycles. The van der Waals surface area contributed by atoms with E-state index >= 15 is 0 Å². The number of likely N-dealkylation sites (tertiary alicyclic amines) is 1. The Morgan fingerprint density at radius 3 is 2.83 bits per heavy atom. The van der Waals surface area contributed by atoms with E-state index in [1.165, 1.54) is 11.9 Å². The predicted molar refractivity (Wildman–Crippen MR) is 81.4 cm³/mol. The molecule has 0 spiro atoms. The van der Waals surface area contributed by atoms with E-state index < -0.39 is 5.54 Å². The van der Waals surface area contributed by atoms with Gasteiger partial charge in [0.15, 0.2) is 5.82 Å². The number of urea groups is 1. The van der Waals surface area contributed by atoms with E-state index in [0.29, 0.717) is 18.3 Å². The largest absolute Gasteiger partial charge is 0.339 e. The Kier molecular flexibility index (Phi) is 4.09. The van der Waals surface area contributed by atoms with E-state index in [-0.39, 0.29) is 17.9 Å². The van der Waals surface area contributed by atoms with Gasteiger partial charge in [-0.1, -0.05) is 12.1 Å². The van der Waals surface area contributed by atoms with Crippen LogP contribution in [0.15, 0.2) is 4.52 Å². The minimum Gasteiger partial charge on any atom is -0.339 e. The summed E-state index contributed by atoms with van der Waals surface area (Å²) in [5.41, 5.74) is -0.823. The Morgan fingerprint density at radius 1 is 1.43 bits per heavy atom. The van der Waals surface area contributed by atoms with Crippen LogP contribution in [0, 0.1) is 5.92 Å². The standard InChI is InChI=1S/C15H23N5O3/c1-4-12-16-11(18-23-12)9-20-7-5-6-10(8-20)15(2)13(21)19(3)14(22)17-15/h10H,4-9H2,1-3H3,(H,17,22)/t10-,15+/m0/s1. The molecule has 1 aromatic rings. The maximum Gasteiger partial charge on any atom is 0.324 e. The number of carbonyl (C=O) groups excluding carboxylic acids is 2. The van der Waals surface area contributed by atoms with Crippen LogP contribution in [-0.4, -0.2) is 57.6 Å². The van der Waals surface area contributed by atoms with Gasteiger partial charge < -0.3 is 9.84 Å². The number of piperidine rings is 1. The van der Waals surface area contributed by atoms with Crippen molar-refractivity contribution >= 4 is 11.9 Å². The number of hydrogen-bond acceptors (Lipinski definition) is 6. The van der Waals surface area contributed by atoms with Gasteiger partial charge >= 0.3 is 6.03 Å². The van der Waals surface area contributed by atoms with Crippen molar-refractivity contribution in [2.45, 2.75) is 45.2 Å². The number of aryl methyl sites for hydroxylation is 1. The lowest BCUT2D eigenvalue weighted by Crippen LogP contribution is -2.55. The van der Waals surface area contributed by atoms with E-state index in [0.717, 1.165) is 32.4 Å². The smallest absolute Gasteiger partial charge is 0.324 e. The molecular formula is C15H23N5O3. The van der Waals surface area contributed by atoms with Gasteiger partial charge in [-0.2, -0.15) is 4.98 Å². The highest BCUT2D eigenvalue weighted by atomic mass is 16.5. The molecule has 126 valence electrons. The summed E-state index contributed by atoms with van der Waals surface area (Å²) in [5, 5.41) is 6.85. The normalized spacial score (nSPS) is 29.2. The molecule has 2 atom stereocenters. The van der Waals surface area contributed by atoms with Crippen LogP contribution in [-0.2, 0) is 17.8 Å². The van der Waals surface area contributed by atoms with Crippen molar-refractivity contribution < 1.29 is 14.1 Å². The van der Waals surface area contributed by atoms with Crippen LogP contribution in [0.3, 0.4) is 0 Å². The number of likely N-dealkylation sites (N-methyl/N-ethyl adjacent to an activating group) is 1. The van der Waals surface area contributed by atoms with Crippen LogP contribution in [0.5, 0.6) is 0 Å². The molecule has 0 unspecified atom stereocenters. The second-order valence-electron chi connectivity index (χ2n) is 6.53. The SMILES string of the molecule is CCc1nc(CN2CCC[C@H]([C@@]3(C)NC(=O)N(C)C3=O)C2)no1. The first-order chi connectivity index (χ1) is 10.9. The van der Waals surface area contributed by atoms with E-state index in [2.05, 4.69) is 20.4 Å². The molecule has 0 saturated carbocycles. The summed E-state index contributed by atoms with van der Waals surface area (Å²) in [6.45, 7) is 6.06. The highest BCUT2D eigenvalue weighted by Gasteiger charge is 2.51. The number of nitrogens with zero attached hydrogens (tertiary/aromatic N) is 4. The molecule has 3 amide bonds. The van der Waals surface area contributed by atoms with E-state index in [4.69, 9.17) is 4.52 Å². The summed E-state index contributed by atoms with van der Waals surface area (Å²) < 4.78 is 5.14. The lowest BCUT2D eigenvalue weighted by atomic mass is 9.80. The molecular weight excluding hydrogens is 298 g/mol. The van der Waals surface area contributed by atoms with E-state index in [1.54, 1.807) is 0 Å². The maximum absolute atomic E-state index is 12.4. The van der Waals surface area contributed by atoms with Crippen molar-refractivity contribution in [3.05, 3.63) is 11.7 Å². The number of aromatic nitrogens is 2. The number of carbonyl (C=O) groups is 2. The molecule has 0 bridgehead atoms. The molecule has 23 heavy (non-hydrogen) atoms. The maximum atomic E-state index is 12.4. The Labute approximate surface area is 135 Å². The zero-order chi connectivity index (χ0) is 16.6. The molecule has 1 aromatic heterocycles. The lowest BCUT2D eigenvalue weighted by Gasteiger charge is -2.39. The predicted octanol–water partition coefficient (Wildman–Crippen LogP) is 0.784. The Balaban J connectivity index is 1.68. The molecule has 3 heterocycles. The minimum absolute atomic E-state index is 0.0789. The quantitative estimate of drug-likeness (QED) is 0.824. The summed E-state index contributed by atoms with van der Waals surface area (Å²) in [5.74, 6) is 1.24. The Bertz CT molecular complexity index is 616. The van der Waals surface area contributed by atoms with E-state index in [1.807, 2.05) is 13.8 Å². The molecule has 2 fully saturated rings. The van der Waals surface area contributed by atoms with Crippen LogP contribution in [0.2, 0.25) is 0 Å². The second-order valence-corrected chi connectivity index (χ2v) is 6.53. The van der Waals surface area contributed by atoms with Crippen LogP contribution in [0.4, 0.5) is 4.79 Å². The number of rotatable bonds is 4. The minimum atomic E-state index is -0.823. The number of nitrogens with one attached hydrogen (secondary N) is 1. The molecule has 8 heteroatoms. The molecule has 3 rings (SSSR count). The fraction of sp³-hybridized carbons (Fsp3) is 0.733. The average Bonchev–Trinajstić information content (AvgIpc) is 3.07. The van der Waals surface area contributed by atoms with E-state index in [9.17, 15) is 9.59 Å². The number of hydrogen-bond donors (Lipinski definition) is 1. The monoisotopic (exact) mass is 321 g/mol. The lowest BCUT2D eigenvalue weighted by molar-refractivity contribution is -0.132. The number of amides is 3. The third-order valence-corrected chi connectivity index (χ3v) is 4.92. The molecule has 0 radical (unpaired) electrons. The summed E-state index contributed by atoms with van der Waals surface area (Å²) in [7, 11) is 1.52. The Hall–Kier alpha value is -1.96. The third kappa shape index (κ3) is 2.83. The summed E-state index contributed by atoms with van der Waals surface area (Å²) in [6.07, 6.45) is 2.62. The van der Waals surface area contributed by atoms with Crippen molar-refractivity contribution in [1.29, 1.82) is 0 Å². The van der Waals surface area contributed by atoms with Crippen molar-refractivity contribution in [3.63, 3.8) is 0 Å². The molecule has 0 aliphatic carbocycles. The average molecular weight is 321 g/mol. The van der Waals surface area contributed by atoms with Gasteiger partial charge in [-0.3, -0.25) is 14.6 Å². The first-order valence-electron chi connectivity index (χ1n) is 8.08. The van der Waals surface area contributed by atoms with Gasteiger partial charge in [-0.05, 0) is 26.3 Å². The van der Waals surface area contributed by atoms with Gasteiger partial charge in [-0.15, -0.1) is 0 Å². The van der Waals surface area contributed by atoms with Gasteiger partial charge in [0.1, 0.15) is 5.54 Å². The van der Waals surface area contributed by atoms with Gasteiger partial charge in [0.25, 0.3) is 5.91 Å². The highest BCUT2D eigenvalue weighted by molar-refractivity contribution is 6.06. The van der Waals surface area contributed by atoms with Gasteiger partial charge in [0, 0.05) is 25.9 Å². The third-order valence-electron chi connectivity index (χ3n) is 4.92. The fourth-order valence-corrected chi connectivity index (χ4v) is 3.45. The molecule has 2 aliphatic rings. The molecule has 1 N–H and O–H groups in total. The molecule has 2 saturated heterocycles. The first kappa shape index (κ1) is 15.9. The summed E-state index contributed by atoms with van der Waals surface area (Å²) in [6, 6.07) is -0.319. The van der Waals surface area contributed by atoms with Crippen LogP contribution < -0.4 is 5.32 Å². The summed E-state index contributed by atoms with van der Waals surface area (Å²) in [4.78, 5) is 32.0. The van der Waals surface area contributed by atoms with Crippen molar-refractivity contribution in [2.24, 2.45) is 5.92 Å².